The van der Waals surface area contributed by atoms with E-state index in [1.165, 1.54) is 19.6 Å². The Morgan fingerprint density at radius 1 is 1.04 bits per heavy atom. The molecule has 0 heterocycles. The van der Waals surface area contributed by atoms with E-state index in [9.17, 15) is 9.59 Å². The van der Waals surface area contributed by atoms with E-state index in [1.807, 2.05) is 42.5 Å². The number of hydrogen-bond acceptors (Lipinski definition) is 4. The van der Waals surface area contributed by atoms with Crippen LogP contribution in [0, 0.1) is 0 Å². The number of Topliss-reactive ketones (excluding diaryl/α,β-unsaturated/α-hetero) is 1. The second kappa shape index (κ2) is 8.34. The summed E-state index contributed by atoms with van der Waals surface area (Å²) in [6.07, 6.45) is 1.60. The van der Waals surface area contributed by atoms with E-state index in [1.54, 1.807) is 17.8 Å². The fourth-order valence-electron chi connectivity index (χ4n) is 2.04. The molecule has 2 aromatic rings. The van der Waals surface area contributed by atoms with Crippen molar-refractivity contribution in [1.29, 1.82) is 0 Å². The molecule has 0 spiro atoms. The average molecular weight is 326 g/mol. The van der Waals surface area contributed by atoms with Crippen LogP contribution in [0.4, 0.5) is 0 Å². The van der Waals surface area contributed by atoms with Gasteiger partial charge < -0.3 is 4.74 Å². The maximum absolute atomic E-state index is 11.7. The van der Waals surface area contributed by atoms with Crippen molar-refractivity contribution in [2.24, 2.45) is 0 Å². The highest BCUT2D eigenvalue weighted by Crippen LogP contribution is 2.28. The highest BCUT2D eigenvalue weighted by atomic mass is 32.2. The third-order valence-corrected chi connectivity index (χ3v) is 4.40. The van der Waals surface area contributed by atoms with Gasteiger partial charge in [0.1, 0.15) is 5.57 Å². The Hall–Kier alpha value is -2.33. The molecule has 4 heteroatoms. The smallest absolute Gasteiger partial charge is 0.341 e. The molecule has 0 unspecified atom stereocenters. The monoisotopic (exact) mass is 326 g/mol. The average Bonchev–Trinajstić information content (AvgIpc) is 2.58. The van der Waals surface area contributed by atoms with Crippen molar-refractivity contribution in [1.82, 2.24) is 0 Å². The number of esters is 1. The Labute approximate surface area is 140 Å². The Bertz CT molecular complexity index is 720. The van der Waals surface area contributed by atoms with Crippen LogP contribution in [0.2, 0.25) is 0 Å². The number of ketones is 1. The number of rotatable bonds is 6. The van der Waals surface area contributed by atoms with Crippen LogP contribution < -0.4 is 0 Å². The van der Waals surface area contributed by atoms with Crippen LogP contribution in [-0.4, -0.2) is 18.9 Å². The highest BCUT2D eigenvalue weighted by molar-refractivity contribution is 7.98. The van der Waals surface area contributed by atoms with Gasteiger partial charge in [-0.05, 0) is 30.2 Å². The van der Waals surface area contributed by atoms with E-state index < -0.39 is 5.97 Å². The van der Waals surface area contributed by atoms with Crippen molar-refractivity contribution in [3.05, 3.63) is 71.3 Å². The largest absolute Gasteiger partial charge is 0.465 e. The van der Waals surface area contributed by atoms with E-state index in [0.717, 1.165) is 16.2 Å². The van der Waals surface area contributed by atoms with Crippen LogP contribution in [0.15, 0.2) is 65.1 Å². The summed E-state index contributed by atoms with van der Waals surface area (Å²) < 4.78 is 4.68. The summed E-state index contributed by atoms with van der Waals surface area (Å²) in [5, 5.41) is 0. The number of methoxy groups -OCH3 is 1. The van der Waals surface area contributed by atoms with Crippen molar-refractivity contribution in [3.8, 4) is 0 Å². The first-order valence-corrected chi connectivity index (χ1v) is 8.17. The lowest BCUT2D eigenvalue weighted by molar-refractivity contribution is -0.137. The Morgan fingerprint density at radius 2 is 1.70 bits per heavy atom. The minimum Gasteiger partial charge on any atom is -0.465 e. The standard InChI is InChI=1S/C19H18O3S/c1-14(20)17(19(21)22-2)12-16-10-6-7-11-18(16)23-13-15-8-4-3-5-9-15/h3-12H,13H2,1-2H3/b17-12+. The van der Waals surface area contributed by atoms with Crippen LogP contribution >= 0.6 is 11.8 Å². The second-order valence-electron chi connectivity index (χ2n) is 4.92. The third-order valence-electron chi connectivity index (χ3n) is 3.24. The summed E-state index contributed by atoms with van der Waals surface area (Å²) in [5.41, 5.74) is 2.11. The molecule has 0 saturated carbocycles. The second-order valence-corrected chi connectivity index (χ2v) is 5.94. The lowest BCUT2D eigenvalue weighted by atomic mass is 10.1. The van der Waals surface area contributed by atoms with E-state index in [4.69, 9.17) is 0 Å². The molecule has 118 valence electrons. The fraction of sp³-hybridized carbons (Fsp3) is 0.158. The molecule has 0 radical (unpaired) electrons. The van der Waals surface area contributed by atoms with Gasteiger partial charge in [-0.25, -0.2) is 4.79 Å². The van der Waals surface area contributed by atoms with Crippen LogP contribution in [0.3, 0.4) is 0 Å². The molecule has 0 aliphatic carbocycles. The van der Waals surface area contributed by atoms with E-state index in [2.05, 4.69) is 16.9 Å². The van der Waals surface area contributed by atoms with Gasteiger partial charge in [-0.15, -0.1) is 11.8 Å². The van der Waals surface area contributed by atoms with Gasteiger partial charge in [-0.1, -0.05) is 48.5 Å². The number of hydrogen-bond donors (Lipinski definition) is 0. The highest BCUT2D eigenvalue weighted by Gasteiger charge is 2.15. The summed E-state index contributed by atoms with van der Waals surface area (Å²) >= 11 is 1.67. The number of thioether (sulfide) groups is 1. The van der Waals surface area contributed by atoms with Crippen LogP contribution in [-0.2, 0) is 20.1 Å². The van der Waals surface area contributed by atoms with Crippen LogP contribution in [0.1, 0.15) is 18.1 Å². The zero-order valence-electron chi connectivity index (χ0n) is 13.1. The van der Waals surface area contributed by atoms with Crippen LogP contribution in [0.25, 0.3) is 6.08 Å². The molecule has 0 aliphatic rings. The zero-order valence-corrected chi connectivity index (χ0v) is 13.9. The molecule has 0 atom stereocenters. The summed E-state index contributed by atoms with van der Waals surface area (Å²) in [7, 11) is 1.27. The summed E-state index contributed by atoms with van der Waals surface area (Å²) in [5.74, 6) is -0.0978. The minimum atomic E-state index is -0.611. The summed E-state index contributed by atoms with van der Waals surface area (Å²) in [4.78, 5) is 24.4. The van der Waals surface area contributed by atoms with E-state index in [-0.39, 0.29) is 11.4 Å². The van der Waals surface area contributed by atoms with Gasteiger partial charge in [-0.3, -0.25) is 4.79 Å². The molecule has 23 heavy (non-hydrogen) atoms. The maximum Gasteiger partial charge on any atom is 0.341 e. The molecule has 0 amide bonds. The van der Waals surface area contributed by atoms with Crippen LogP contribution in [0.5, 0.6) is 0 Å². The summed E-state index contributed by atoms with van der Waals surface area (Å²) in [6.45, 7) is 1.36. The predicted molar refractivity (Wildman–Crippen MR) is 93.1 cm³/mol. The van der Waals surface area contributed by atoms with Crippen molar-refractivity contribution < 1.29 is 14.3 Å². The molecule has 0 aromatic heterocycles. The normalized spacial score (nSPS) is 11.1. The molecule has 2 rings (SSSR count). The van der Waals surface area contributed by atoms with Crippen molar-refractivity contribution in [2.45, 2.75) is 17.6 Å². The Balaban J connectivity index is 2.26. The van der Waals surface area contributed by atoms with Gasteiger partial charge in [0, 0.05) is 10.6 Å². The number of carbonyl (C=O) groups is 2. The first-order valence-electron chi connectivity index (χ1n) is 7.18. The zero-order chi connectivity index (χ0) is 16.7. The topological polar surface area (TPSA) is 43.4 Å². The molecule has 3 nitrogen and oxygen atoms in total. The molecule has 0 N–H and O–H groups in total. The van der Waals surface area contributed by atoms with E-state index in [0.29, 0.717) is 0 Å². The third kappa shape index (κ3) is 4.83. The first-order chi connectivity index (χ1) is 11.1. The molecule has 0 bridgehead atoms. The molecular weight excluding hydrogens is 308 g/mol. The molecule has 2 aromatic carbocycles. The van der Waals surface area contributed by atoms with Crippen molar-refractivity contribution in [2.75, 3.05) is 7.11 Å². The first kappa shape index (κ1) is 17.0. The van der Waals surface area contributed by atoms with Gasteiger partial charge in [0.25, 0.3) is 0 Å². The van der Waals surface area contributed by atoms with Gasteiger partial charge in [-0.2, -0.15) is 0 Å². The summed E-state index contributed by atoms with van der Waals surface area (Å²) in [6, 6.07) is 17.8. The Kier molecular flexibility index (Phi) is 6.18. The molecule has 0 saturated heterocycles. The molecular formula is C19H18O3S. The molecule has 0 fully saturated rings. The maximum atomic E-state index is 11.7. The van der Waals surface area contributed by atoms with Gasteiger partial charge in [0.05, 0.1) is 7.11 Å². The lowest BCUT2D eigenvalue weighted by Gasteiger charge is -2.08. The van der Waals surface area contributed by atoms with Crippen molar-refractivity contribution in [3.63, 3.8) is 0 Å². The van der Waals surface area contributed by atoms with Crippen molar-refractivity contribution >= 4 is 29.6 Å². The Morgan fingerprint density at radius 3 is 2.35 bits per heavy atom. The predicted octanol–water partition coefficient (Wildman–Crippen LogP) is 4.12. The van der Waals surface area contributed by atoms with Gasteiger partial charge in [0.15, 0.2) is 5.78 Å². The van der Waals surface area contributed by atoms with E-state index >= 15 is 0 Å². The fourth-order valence-corrected chi connectivity index (χ4v) is 3.02. The van der Waals surface area contributed by atoms with Gasteiger partial charge in [0.2, 0.25) is 0 Å². The minimum absolute atomic E-state index is 0.0558. The number of carbonyl (C=O) groups excluding carboxylic acids is 2. The molecule has 0 aliphatic heterocycles. The van der Waals surface area contributed by atoms with Gasteiger partial charge >= 0.3 is 5.97 Å². The SMILES string of the molecule is COC(=O)/C(=C/c1ccccc1SCc1ccccc1)C(C)=O. The lowest BCUT2D eigenvalue weighted by Crippen LogP contribution is -2.11. The number of ether oxygens (including phenoxy) is 1. The number of benzene rings is 2. The quantitative estimate of drug-likeness (QED) is 0.263.